The minimum absolute atomic E-state index is 0.373. The highest BCUT2D eigenvalue weighted by Crippen LogP contribution is 2.28. The van der Waals surface area contributed by atoms with Crippen molar-refractivity contribution in [3.63, 3.8) is 0 Å². The van der Waals surface area contributed by atoms with Crippen molar-refractivity contribution in [2.45, 2.75) is 44.9 Å². The summed E-state index contributed by atoms with van der Waals surface area (Å²) in [4.78, 5) is 15.7. The zero-order valence-corrected chi connectivity index (χ0v) is 9.69. The molecule has 1 aliphatic carbocycles. The lowest BCUT2D eigenvalue weighted by Gasteiger charge is -2.07. The third kappa shape index (κ3) is 3.44. The molecule has 2 rings (SSSR count). The van der Waals surface area contributed by atoms with E-state index in [2.05, 4.69) is 4.98 Å². The molecule has 1 aromatic heterocycles. The number of ketones is 1. The topological polar surface area (TPSA) is 30.0 Å². The largest absolute Gasteiger partial charge is 0.299 e. The Morgan fingerprint density at radius 2 is 1.94 bits per heavy atom. The average Bonchev–Trinajstić information content (AvgIpc) is 2.81. The second-order valence-corrected chi connectivity index (χ2v) is 4.76. The molecule has 0 N–H and O–H groups in total. The molecule has 0 aliphatic heterocycles. The molecule has 0 spiro atoms. The molecule has 0 unspecified atom stereocenters. The zero-order valence-electron chi connectivity index (χ0n) is 9.69. The minimum Gasteiger partial charge on any atom is -0.299 e. The molecule has 1 heterocycles. The zero-order chi connectivity index (χ0) is 11.2. The maximum absolute atomic E-state index is 11.7. The quantitative estimate of drug-likeness (QED) is 0.758. The lowest BCUT2D eigenvalue weighted by molar-refractivity contribution is -0.118. The monoisotopic (exact) mass is 217 g/mol. The van der Waals surface area contributed by atoms with Gasteiger partial charge in [0.25, 0.3) is 0 Å². The van der Waals surface area contributed by atoms with Crippen LogP contribution in [0.3, 0.4) is 0 Å². The van der Waals surface area contributed by atoms with E-state index < -0.39 is 0 Å². The molecule has 1 saturated carbocycles. The van der Waals surface area contributed by atoms with Crippen molar-refractivity contribution in [1.29, 1.82) is 0 Å². The van der Waals surface area contributed by atoms with E-state index in [1.165, 1.54) is 25.7 Å². The third-order valence-corrected chi connectivity index (χ3v) is 3.46. The van der Waals surface area contributed by atoms with Crippen LogP contribution in [0.25, 0.3) is 0 Å². The second-order valence-electron chi connectivity index (χ2n) is 4.76. The van der Waals surface area contributed by atoms with Gasteiger partial charge in [-0.1, -0.05) is 25.7 Å². The van der Waals surface area contributed by atoms with Crippen molar-refractivity contribution in [1.82, 2.24) is 4.98 Å². The predicted molar refractivity (Wildman–Crippen MR) is 64.1 cm³/mol. The van der Waals surface area contributed by atoms with E-state index in [0.717, 1.165) is 24.3 Å². The van der Waals surface area contributed by atoms with Gasteiger partial charge in [-0.2, -0.15) is 0 Å². The van der Waals surface area contributed by atoms with Gasteiger partial charge in [-0.25, -0.2) is 0 Å². The van der Waals surface area contributed by atoms with Crippen LogP contribution in [0.2, 0.25) is 0 Å². The van der Waals surface area contributed by atoms with E-state index in [9.17, 15) is 4.79 Å². The van der Waals surface area contributed by atoms with Crippen molar-refractivity contribution in [3.05, 3.63) is 30.1 Å². The number of aromatic nitrogens is 1. The Bertz CT molecular complexity index is 328. The Morgan fingerprint density at radius 1 is 1.25 bits per heavy atom. The Labute approximate surface area is 97.1 Å². The molecule has 16 heavy (non-hydrogen) atoms. The fourth-order valence-electron chi connectivity index (χ4n) is 2.48. The lowest BCUT2D eigenvalue weighted by Crippen LogP contribution is -2.05. The fraction of sp³-hybridized carbons (Fsp3) is 0.571. The van der Waals surface area contributed by atoms with Crippen LogP contribution in [-0.2, 0) is 11.2 Å². The first-order valence-corrected chi connectivity index (χ1v) is 6.25. The number of hydrogen-bond acceptors (Lipinski definition) is 2. The fourth-order valence-corrected chi connectivity index (χ4v) is 2.48. The average molecular weight is 217 g/mol. The van der Waals surface area contributed by atoms with Crippen molar-refractivity contribution in [2.24, 2.45) is 5.92 Å². The SMILES string of the molecule is O=C(CCC1CCCC1)Cc1ccncc1. The Hall–Kier alpha value is -1.18. The van der Waals surface area contributed by atoms with Crippen LogP contribution in [0.5, 0.6) is 0 Å². The van der Waals surface area contributed by atoms with Gasteiger partial charge < -0.3 is 0 Å². The molecular formula is C14H19NO. The van der Waals surface area contributed by atoms with Gasteiger partial charge in [-0.05, 0) is 30.0 Å². The molecule has 0 bridgehead atoms. The maximum atomic E-state index is 11.7. The summed E-state index contributed by atoms with van der Waals surface area (Å²) in [6.45, 7) is 0. The predicted octanol–water partition coefficient (Wildman–Crippen LogP) is 3.16. The van der Waals surface area contributed by atoms with Crippen LogP contribution in [0.15, 0.2) is 24.5 Å². The van der Waals surface area contributed by atoms with Crippen LogP contribution in [0, 0.1) is 5.92 Å². The van der Waals surface area contributed by atoms with Crippen molar-refractivity contribution in [2.75, 3.05) is 0 Å². The standard InChI is InChI=1S/C14H19NO/c16-14(6-5-12-3-1-2-4-12)11-13-7-9-15-10-8-13/h7-10,12H,1-6,11H2. The van der Waals surface area contributed by atoms with Gasteiger partial charge in [0.2, 0.25) is 0 Å². The Morgan fingerprint density at radius 3 is 2.62 bits per heavy atom. The lowest BCUT2D eigenvalue weighted by atomic mass is 9.98. The highest BCUT2D eigenvalue weighted by atomic mass is 16.1. The van der Waals surface area contributed by atoms with Gasteiger partial charge in [-0.15, -0.1) is 0 Å². The van der Waals surface area contributed by atoms with Crippen molar-refractivity contribution in [3.8, 4) is 0 Å². The van der Waals surface area contributed by atoms with Crippen molar-refractivity contribution < 1.29 is 4.79 Å². The van der Waals surface area contributed by atoms with E-state index >= 15 is 0 Å². The van der Waals surface area contributed by atoms with Crippen LogP contribution in [0.1, 0.15) is 44.1 Å². The van der Waals surface area contributed by atoms with Crippen LogP contribution in [-0.4, -0.2) is 10.8 Å². The van der Waals surface area contributed by atoms with Crippen LogP contribution < -0.4 is 0 Å². The molecule has 0 amide bonds. The number of nitrogens with zero attached hydrogens (tertiary/aromatic N) is 1. The van der Waals surface area contributed by atoms with Gasteiger partial charge in [0.15, 0.2) is 0 Å². The van der Waals surface area contributed by atoms with Gasteiger partial charge in [0, 0.05) is 25.2 Å². The molecule has 2 heteroatoms. The molecule has 1 aromatic rings. The van der Waals surface area contributed by atoms with E-state index in [1.54, 1.807) is 12.4 Å². The van der Waals surface area contributed by atoms with Crippen LogP contribution in [0.4, 0.5) is 0 Å². The smallest absolute Gasteiger partial charge is 0.137 e. The Balaban J connectivity index is 1.72. The molecule has 1 fully saturated rings. The highest BCUT2D eigenvalue weighted by molar-refractivity contribution is 5.80. The normalized spacial score (nSPS) is 16.5. The molecule has 0 aromatic carbocycles. The van der Waals surface area contributed by atoms with E-state index in [-0.39, 0.29) is 0 Å². The third-order valence-electron chi connectivity index (χ3n) is 3.46. The number of hydrogen-bond donors (Lipinski definition) is 0. The number of rotatable bonds is 5. The summed E-state index contributed by atoms with van der Waals surface area (Å²) in [7, 11) is 0. The molecule has 0 radical (unpaired) electrons. The summed E-state index contributed by atoms with van der Waals surface area (Å²) in [5.41, 5.74) is 1.09. The number of carbonyl (C=O) groups excluding carboxylic acids is 1. The summed E-state index contributed by atoms with van der Waals surface area (Å²) in [6, 6.07) is 3.85. The molecule has 2 nitrogen and oxygen atoms in total. The number of pyridine rings is 1. The maximum Gasteiger partial charge on any atom is 0.137 e. The van der Waals surface area contributed by atoms with Gasteiger partial charge in [-0.3, -0.25) is 9.78 Å². The van der Waals surface area contributed by atoms with E-state index in [4.69, 9.17) is 0 Å². The molecule has 86 valence electrons. The van der Waals surface area contributed by atoms with E-state index in [0.29, 0.717) is 12.2 Å². The van der Waals surface area contributed by atoms with E-state index in [1.807, 2.05) is 12.1 Å². The molecule has 0 saturated heterocycles. The summed E-state index contributed by atoms with van der Waals surface area (Å²) in [5, 5.41) is 0. The molecular weight excluding hydrogens is 198 g/mol. The Kier molecular flexibility index (Phi) is 4.09. The summed E-state index contributed by atoms with van der Waals surface area (Å²) < 4.78 is 0. The van der Waals surface area contributed by atoms with Gasteiger partial charge in [0.05, 0.1) is 0 Å². The summed E-state index contributed by atoms with van der Waals surface area (Å²) in [5.74, 6) is 1.19. The van der Waals surface area contributed by atoms with Crippen molar-refractivity contribution >= 4 is 5.78 Å². The first kappa shape index (κ1) is 11.3. The first-order valence-electron chi connectivity index (χ1n) is 6.25. The summed E-state index contributed by atoms with van der Waals surface area (Å²) in [6.07, 6.45) is 11.3. The molecule has 0 atom stereocenters. The second kappa shape index (κ2) is 5.78. The van der Waals surface area contributed by atoms with Gasteiger partial charge >= 0.3 is 0 Å². The number of carbonyl (C=O) groups is 1. The van der Waals surface area contributed by atoms with Gasteiger partial charge in [0.1, 0.15) is 5.78 Å². The summed E-state index contributed by atoms with van der Waals surface area (Å²) >= 11 is 0. The minimum atomic E-state index is 0.373. The number of Topliss-reactive ketones (excluding diaryl/α,β-unsaturated/α-hetero) is 1. The molecule has 1 aliphatic rings. The highest BCUT2D eigenvalue weighted by Gasteiger charge is 2.16. The van der Waals surface area contributed by atoms with Crippen LogP contribution >= 0.6 is 0 Å². The first-order chi connectivity index (χ1) is 7.84.